The lowest BCUT2D eigenvalue weighted by Crippen LogP contribution is -2.40. The van der Waals surface area contributed by atoms with Crippen molar-refractivity contribution >= 4 is 29.9 Å². The third-order valence-electron chi connectivity index (χ3n) is 5.40. The van der Waals surface area contributed by atoms with E-state index < -0.39 is 0 Å². The number of benzene rings is 1. The Morgan fingerprint density at radius 2 is 2.07 bits per heavy atom. The number of likely N-dealkylation sites (tertiary alicyclic amines) is 1. The molecule has 1 aromatic rings. The van der Waals surface area contributed by atoms with Crippen LogP contribution < -0.4 is 10.6 Å². The lowest BCUT2D eigenvalue weighted by Gasteiger charge is -2.23. The summed E-state index contributed by atoms with van der Waals surface area (Å²) in [7, 11) is 0. The first-order valence-electron chi connectivity index (χ1n) is 10.8. The molecule has 2 aliphatic rings. The van der Waals surface area contributed by atoms with Gasteiger partial charge in [-0.2, -0.15) is 0 Å². The predicted octanol–water partition coefficient (Wildman–Crippen LogP) is 3.02. The summed E-state index contributed by atoms with van der Waals surface area (Å²) >= 11 is 0. The van der Waals surface area contributed by atoms with E-state index in [-0.39, 0.29) is 24.0 Å². The van der Waals surface area contributed by atoms with E-state index in [1.54, 1.807) is 0 Å². The van der Waals surface area contributed by atoms with Crippen LogP contribution in [0.3, 0.4) is 0 Å². The second-order valence-corrected chi connectivity index (χ2v) is 7.61. The Bertz CT molecular complexity index is 581. The minimum Gasteiger partial charge on any atom is -0.377 e. The maximum atomic E-state index is 5.73. The van der Waals surface area contributed by atoms with E-state index in [2.05, 4.69) is 52.8 Å². The average molecular weight is 516 g/mol. The highest BCUT2D eigenvalue weighted by Gasteiger charge is 2.24. The molecule has 0 saturated carbocycles. The van der Waals surface area contributed by atoms with E-state index in [0.29, 0.717) is 25.4 Å². The Kier molecular flexibility index (Phi) is 11.9. The summed E-state index contributed by atoms with van der Waals surface area (Å²) in [4.78, 5) is 7.40. The maximum absolute atomic E-state index is 5.73. The molecule has 3 rings (SSSR count). The van der Waals surface area contributed by atoms with Crippen LogP contribution in [0.2, 0.25) is 0 Å². The van der Waals surface area contributed by atoms with Crippen molar-refractivity contribution < 1.29 is 9.47 Å². The van der Waals surface area contributed by atoms with E-state index in [1.807, 2.05) is 0 Å². The number of aliphatic imine (C=N–C) groups is 1. The molecular formula is C22H37IN4O2. The van der Waals surface area contributed by atoms with Crippen LogP contribution in [0.25, 0.3) is 0 Å². The van der Waals surface area contributed by atoms with Crippen molar-refractivity contribution in [1.82, 2.24) is 15.5 Å². The molecule has 0 radical (unpaired) electrons. The van der Waals surface area contributed by atoms with E-state index in [0.717, 1.165) is 58.1 Å². The summed E-state index contributed by atoms with van der Waals surface area (Å²) in [6.45, 7) is 8.99. The molecule has 2 fully saturated rings. The summed E-state index contributed by atoms with van der Waals surface area (Å²) in [6, 6.07) is 11.3. The van der Waals surface area contributed by atoms with Crippen LogP contribution in [-0.2, 0) is 16.0 Å². The summed E-state index contributed by atoms with van der Waals surface area (Å²) < 4.78 is 11.3. The first-order valence-corrected chi connectivity index (χ1v) is 10.8. The van der Waals surface area contributed by atoms with Gasteiger partial charge in [0.2, 0.25) is 0 Å². The minimum absolute atomic E-state index is 0. The Hall–Kier alpha value is -0.900. The van der Waals surface area contributed by atoms with Gasteiger partial charge in [0.05, 0.1) is 25.9 Å². The van der Waals surface area contributed by atoms with Gasteiger partial charge in [-0.15, -0.1) is 24.0 Å². The molecule has 164 valence electrons. The van der Waals surface area contributed by atoms with Crippen LogP contribution in [0.15, 0.2) is 35.3 Å². The quantitative estimate of drug-likeness (QED) is 0.217. The predicted molar refractivity (Wildman–Crippen MR) is 129 cm³/mol. The highest BCUT2D eigenvalue weighted by atomic mass is 127. The first-order chi connectivity index (χ1) is 13.8. The van der Waals surface area contributed by atoms with Crippen molar-refractivity contribution in [2.75, 3.05) is 46.0 Å². The number of rotatable bonds is 10. The number of halogens is 1. The van der Waals surface area contributed by atoms with Crippen molar-refractivity contribution in [3.05, 3.63) is 35.9 Å². The standard InChI is InChI=1S/C22H36N4O2.HI/c1-2-23-22(24-12-15-27-18-21-11-7-14-28-21)25-16-20-10-6-13-26(20)17-19-8-4-3-5-9-19;/h3-5,8-9,20-21H,2,6-7,10-18H2,1H3,(H2,23,24,25);1H. The SMILES string of the molecule is CCNC(=NCC1CCCN1Cc1ccccc1)NCCOCC1CCCO1.I. The first kappa shape index (κ1) is 24.4. The third kappa shape index (κ3) is 8.78. The number of ether oxygens (including phenoxy) is 2. The fourth-order valence-corrected chi connectivity index (χ4v) is 3.90. The molecule has 2 unspecified atom stereocenters. The molecule has 0 bridgehead atoms. The molecule has 2 aliphatic heterocycles. The number of hydrogen-bond acceptors (Lipinski definition) is 4. The molecule has 2 saturated heterocycles. The smallest absolute Gasteiger partial charge is 0.191 e. The van der Waals surface area contributed by atoms with Crippen molar-refractivity contribution in [2.45, 2.75) is 51.3 Å². The molecule has 0 spiro atoms. The van der Waals surface area contributed by atoms with Gasteiger partial charge in [0, 0.05) is 32.3 Å². The van der Waals surface area contributed by atoms with Crippen molar-refractivity contribution in [1.29, 1.82) is 0 Å². The maximum Gasteiger partial charge on any atom is 0.191 e. The van der Waals surface area contributed by atoms with Crippen LogP contribution in [0.5, 0.6) is 0 Å². The molecular weight excluding hydrogens is 479 g/mol. The fourth-order valence-electron chi connectivity index (χ4n) is 3.90. The van der Waals surface area contributed by atoms with Crippen LogP contribution in [0.1, 0.15) is 38.2 Å². The minimum atomic E-state index is 0. The molecule has 0 aromatic heterocycles. The van der Waals surface area contributed by atoms with E-state index in [1.165, 1.54) is 18.4 Å². The Balaban J connectivity index is 0.00000300. The number of nitrogens with one attached hydrogen (secondary N) is 2. The lowest BCUT2D eigenvalue weighted by atomic mass is 10.2. The topological polar surface area (TPSA) is 58.1 Å². The zero-order chi connectivity index (χ0) is 19.4. The van der Waals surface area contributed by atoms with Gasteiger partial charge < -0.3 is 20.1 Å². The molecule has 2 heterocycles. The Morgan fingerprint density at radius 3 is 2.83 bits per heavy atom. The highest BCUT2D eigenvalue weighted by molar-refractivity contribution is 14.0. The Morgan fingerprint density at radius 1 is 1.21 bits per heavy atom. The summed E-state index contributed by atoms with van der Waals surface area (Å²) in [6.07, 6.45) is 5.05. The van der Waals surface area contributed by atoms with Gasteiger partial charge >= 0.3 is 0 Å². The molecule has 29 heavy (non-hydrogen) atoms. The molecule has 6 nitrogen and oxygen atoms in total. The van der Waals surface area contributed by atoms with Gasteiger partial charge in [-0.05, 0) is 44.7 Å². The zero-order valence-corrected chi connectivity index (χ0v) is 20.0. The molecule has 7 heteroatoms. The van der Waals surface area contributed by atoms with Crippen molar-refractivity contribution in [3.8, 4) is 0 Å². The van der Waals surface area contributed by atoms with E-state index >= 15 is 0 Å². The zero-order valence-electron chi connectivity index (χ0n) is 17.6. The highest BCUT2D eigenvalue weighted by Crippen LogP contribution is 2.20. The summed E-state index contributed by atoms with van der Waals surface area (Å²) in [5, 5.41) is 6.73. The van der Waals surface area contributed by atoms with Gasteiger partial charge in [0.1, 0.15) is 0 Å². The van der Waals surface area contributed by atoms with Crippen LogP contribution in [0.4, 0.5) is 0 Å². The van der Waals surface area contributed by atoms with E-state index in [9.17, 15) is 0 Å². The normalized spacial score (nSPS) is 22.4. The van der Waals surface area contributed by atoms with E-state index in [4.69, 9.17) is 14.5 Å². The largest absolute Gasteiger partial charge is 0.377 e. The molecule has 0 amide bonds. The molecule has 2 atom stereocenters. The van der Waals surface area contributed by atoms with Crippen molar-refractivity contribution in [2.24, 2.45) is 4.99 Å². The third-order valence-corrected chi connectivity index (χ3v) is 5.40. The summed E-state index contributed by atoms with van der Waals surface area (Å²) in [5.41, 5.74) is 1.38. The second-order valence-electron chi connectivity index (χ2n) is 7.61. The van der Waals surface area contributed by atoms with Gasteiger partial charge in [-0.1, -0.05) is 30.3 Å². The average Bonchev–Trinajstić information content (AvgIpc) is 3.39. The number of nitrogens with zero attached hydrogens (tertiary/aromatic N) is 2. The molecule has 2 N–H and O–H groups in total. The summed E-state index contributed by atoms with van der Waals surface area (Å²) in [5.74, 6) is 0.884. The van der Waals surface area contributed by atoms with Crippen LogP contribution >= 0.6 is 24.0 Å². The van der Waals surface area contributed by atoms with Crippen LogP contribution in [0, 0.1) is 0 Å². The number of hydrogen-bond donors (Lipinski definition) is 2. The van der Waals surface area contributed by atoms with Crippen LogP contribution in [-0.4, -0.2) is 69.0 Å². The fraction of sp³-hybridized carbons (Fsp3) is 0.682. The monoisotopic (exact) mass is 516 g/mol. The van der Waals surface area contributed by atoms with Gasteiger partial charge in [-0.3, -0.25) is 9.89 Å². The van der Waals surface area contributed by atoms with Crippen molar-refractivity contribution in [3.63, 3.8) is 0 Å². The van der Waals surface area contributed by atoms with Gasteiger partial charge in [0.25, 0.3) is 0 Å². The molecule has 1 aromatic carbocycles. The van der Waals surface area contributed by atoms with Gasteiger partial charge in [0.15, 0.2) is 5.96 Å². The Labute approximate surface area is 192 Å². The van der Waals surface area contributed by atoms with Gasteiger partial charge in [-0.25, -0.2) is 0 Å². The molecule has 0 aliphatic carbocycles. The lowest BCUT2D eigenvalue weighted by molar-refractivity contribution is 0.0191. The second kappa shape index (κ2) is 14.2. The number of guanidine groups is 1.